The van der Waals surface area contributed by atoms with Gasteiger partial charge in [0.05, 0.1) is 13.2 Å². The highest BCUT2D eigenvalue weighted by molar-refractivity contribution is 5.94. The first-order chi connectivity index (χ1) is 10.3. The number of benzene rings is 2. The number of aryl methyl sites for hydroxylation is 1. The average molecular weight is 281 g/mol. The van der Waals surface area contributed by atoms with Crippen LogP contribution in [0.3, 0.4) is 0 Å². The van der Waals surface area contributed by atoms with E-state index in [4.69, 9.17) is 4.74 Å². The van der Waals surface area contributed by atoms with Gasteiger partial charge in [-0.25, -0.2) is 0 Å². The molecule has 1 fully saturated rings. The van der Waals surface area contributed by atoms with Crippen LogP contribution in [0.2, 0.25) is 0 Å². The van der Waals surface area contributed by atoms with E-state index in [0.717, 1.165) is 5.56 Å². The minimum atomic E-state index is -0.0346. The number of rotatable bonds is 2. The first-order valence-electron chi connectivity index (χ1n) is 7.27. The fourth-order valence-corrected chi connectivity index (χ4v) is 2.73. The molecule has 0 aliphatic carbocycles. The van der Waals surface area contributed by atoms with Crippen LogP contribution in [0.5, 0.6) is 0 Å². The Balaban J connectivity index is 1.77. The van der Waals surface area contributed by atoms with Crippen molar-refractivity contribution in [2.45, 2.75) is 13.0 Å². The van der Waals surface area contributed by atoms with E-state index in [0.29, 0.717) is 19.7 Å². The lowest BCUT2D eigenvalue weighted by atomic mass is 10.0. The average Bonchev–Trinajstić information content (AvgIpc) is 2.55. The van der Waals surface area contributed by atoms with Crippen LogP contribution in [0.4, 0.5) is 0 Å². The summed E-state index contributed by atoms with van der Waals surface area (Å²) >= 11 is 0. The predicted octanol–water partition coefficient (Wildman–Crippen LogP) is 3.21. The molecule has 2 aromatic carbocycles. The van der Waals surface area contributed by atoms with Crippen molar-refractivity contribution in [2.75, 3.05) is 19.7 Å². The summed E-state index contributed by atoms with van der Waals surface area (Å²) in [6, 6.07) is 17.6. The van der Waals surface area contributed by atoms with Gasteiger partial charge in [0, 0.05) is 12.1 Å². The van der Waals surface area contributed by atoms with Crippen molar-refractivity contribution in [1.82, 2.24) is 4.90 Å². The number of carbonyl (C=O) groups excluding carboxylic acids is 1. The molecule has 0 bridgehead atoms. The van der Waals surface area contributed by atoms with Gasteiger partial charge in [0.25, 0.3) is 5.91 Å². The van der Waals surface area contributed by atoms with E-state index in [1.165, 1.54) is 11.1 Å². The second-order valence-electron chi connectivity index (χ2n) is 5.33. The van der Waals surface area contributed by atoms with Gasteiger partial charge in [0.15, 0.2) is 0 Å². The molecule has 1 aliphatic heterocycles. The Hall–Kier alpha value is -2.13. The molecule has 1 amide bonds. The van der Waals surface area contributed by atoms with E-state index < -0.39 is 0 Å². The maximum atomic E-state index is 12.5. The van der Waals surface area contributed by atoms with Gasteiger partial charge in [-0.2, -0.15) is 0 Å². The van der Waals surface area contributed by atoms with Crippen molar-refractivity contribution in [3.05, 3.63) is 71.3 Å². The summed E-state index contributed by atoms with van der Waals surface area (Å²) in [7, 11) is 0. The van der Waals surface area contributed by atoms with Crippen LogP contribution in [0.25, 0.3) is 0 Å². The van der Waals surface area contributed by atoms with Crippen LogP contribution >= 0.6 is 0 Å². The molecular formula is C18H19NO2. The lowest BCUT2D eigenvalue weighted by Crippen LogP contribution is -2.42. The molecule has 0 saturated carbocycles. The van der Waals surface area contributed by atoms with Gasteiger partial charge in [-0.3, -0.25) is 4.79 Å². The normalized spacial score (nSPS) is 18.5. The molecule has 1 aliphatic rings. The Morgan fingerprint density at radius 2 is 1.81 bits per heavy atom. The molecule has 2 aromatic rings. The Morgan fingerprint density at radius 3 is 2.57 bits per heavy atom. The minimum Gasteiger partial charge on any atom is -0.370 e. The summed E-state index contributed by atoms with van der Waals surface area (Å²) in [5, 5.41) is 0. The number of nitrogens with zero attached hydrogens (tertiary/aromatic N) is 1. The summed E-state index contributed by atoms with van der Waals surface area (Å²) in [6.45, 7) is 3.92. The number of carbonyl (C=O) groups is 1. The van der Waals surface area contributed by atoms with Gasteiger partial charge in [-0.05, 0) is 30.2 Å². The first-order valence-corrected chi connectivity index (χ1v) is 7.27. The lowest BCUT2D eigenvalue weighted by Gasteiger charge is -2.33. The maximum absolute atomic E-state index is 12.5. The molecule has 3 heteroatoms. The van der Waals surface area contributed by atoms with E-state index in [1.807, 2.05) is 47.4 Å². The molecule has 3 rings (SSSR count). The molecule has 21 heavy (non-hydrogen) atoms. The molecule has 0 aromatic heterocycles. The minimum absolute atomic E-state index is 0.0346. The third-order valence-corrected chi connectivity index (χ3v) is 3.91. The second kappa shape index (κ2) is 6.10. The number of ether oxygens (including phenoxy) is 1. The van der Waals surface area contributed by atoms with Crippen LogP contribution in [0.1, 0.15) is 27.6 Å². The lowest BCUT2D eigenvalue weighted by molar-refractivity contribution is -0.0230. The highest BCUT2D eigenvalue weighted by atomic mass is 16.5. The van der Waals surface area contributed by atoms with Gasteiger partial charge in [-0.1, -0.05) is 42.5 Å². The van der Waals surface area contributed by atoms with Crippen molar-refractivity contribution in [3.8, 4) is 0 Å². The van der Waals surface area contributed by atoms with Crippen LogP contribution in [-0.2, 0) is 4.74 Å². The first kappa shape index (κ1) is 13.8. The number of hydrogen-bond acceptors (Lipinski definition) is 2. The number of amides is 1. The quantitative estimate of drug-likeness (QED) is 0.846. The summed E-state index contributed by atoms with van der Waals surface area (Å²) < 4.78 is 5.87. The van der Waals surface area contributed by atoms with E-state index in [1.54, 1.807) is 0 Å². The predicted molar refractivity (Wildman–Crippen MR) is 82.2 cm³/mol. The van der Waals surface area contributed by atoms with E-state index in [9.17, 15) is 4.79 Å². The zero-order valence-corrected chi connectivity index (χ0v) is 12.2. The van der Waals surface area contributed by atoms with Gasteiger partial charge < -0.3 is 9.64 Å². The fourth-order valence-electron chi connectivity index (χ4n) is 2.73. The zero-order chi connectivity index (χ0) is 14.7. The van der Waals surface area contributed by atoms with E-state index in [2.05, 4.69) is 19.1 Å². The highest BCUT2D eigenvalue weighted by Gasteiger charge is 2.26. The van der Waals surface area contributed by atoms with E-state index >= 15 is 0 Å². The molecule has 0 N–H and O–H groups in total. The zero-order valence-electron chi connectivity index (χ0n) is 12.2. The number of morpholine rings is 1. The van der Waals surface area contributed by atoms with Crippen molar-refractivity contribution in [1.29, 1.82) is 0 Å². The fraction of sp³-hybridized carbons (Fsp3) is 0.278. The molecule has 1 unspecified atom stereocenters. The van der Waals surface area contributed by atoms with E-state index in [-0.39, 0.29) is 12.0 Å². The van der Waals surface area contributed by atoms with Gasteiger partial charge in [0.1, 0.15) is 6.10 Å². The summed E-state index contributed by atoms with van der Waals surface area (Å²) in [5.74, 6) is 0.0810. The molecule has 0 spiro atoms. The monoisotopic (exact) mass is 281 g/mol. The highest BCUT2D eigenvalue weighted by Crippen LogP contribution is 2.25. The van der Waals surface area contributed by atoms with Crippen molar-refractivity contribution in [3.63, 3.8) is 0 Å². The van der Waals surface area contributed by atoms with Crippen LogP contribution in [-0.4, -0.2) is 30.5 Å². The van der Waals surface area contributed by atoms with Crippen molar-refractivity contribution in [2.24, 2.45) is 0 Å². The smallest absolute Gasteiger partial charge is 0.254 e. The molecule has 3 nitrogen and oxygen atoms in total. The van der Waals surface area contributed by atoms with Crippen molar-refractivity contribution >= 4 is 5.91 Å². The molecule has 1 heterocycles. The molecule has 1 atom stereocenters. The Kier molecular flexibility index (Phi) is 4.02. The van der Waals surface area contributed by atoms with Crippen LogP contribution < -0.4 is 0 Å². The SMILES string of the molecule is Cc1ccccc1C1CN(C(=O)c2ccccc2)CCO1. The molecule has 1 saturated heterocycles. The summed E-state index contributed by atoms with van der Waals surface area (Å²) in [4.78, 5) is 14.4. The van der Waals surface area contributed by atoms with Crippen LogP contribution in [0, 0.1) is 6.92 Å². The van der Waals surface area contributed by atoms with Crippen molar-refractivity contribution < 1.29 is 9.53 Å². The summed E-state index contributed by atoms with van der Waals surface area (Å²) in [6.07, 6.45) is -0.0346. The third-order valence-electron chi connectivity index (χ3n) is 3.91. The van der Waals surface area contributed by atoms with Gasteiger partial charge in [0.2, 0.25) is 0 Å². The standard InChI is InChI=1S/C18H19NO2/c1-14-7-5-6-10-16(14)17-13-19(11-12-21-17)18(20)15-8-3-2-4-9-15/h2-10,17H,11-13H2,1H3. The van der Waals surface area contributed by atoms with Gasteiger partial charge >= 0.3 is 0 Å². The Bertz CT molecular complexity index is 624. The maximum Gasteiger partial charge on any atom is 0.254 e. The summed E-state index contributed by atoms with van der Waals surface area (Å²) in [5.41, 5.74) is 3.11. The van der Waals surface area contributed by atoms with Gasteiger partial charge in [-0.15, -0.1) is 0 Å². The third kappa shape index (κ3) is 2.98. The molecular weight excluding hydrogens is 262 g/mol. The largest absolute Gasteiger partial charge is 0.370 e. The second-order valence-corrected chi connectivity index (χ2v) is 5.33. The molecule has 108 valence electrons. The molecule has 0 radical (unpaired) electrons. The Labute approximate surface area is 125 Å². The Morgan fingerprint density at radius 1 is 1.10 bits per heavy atom. The topological polar surface area (TPSA) is 29.5 Å². The number of hydrogen-bond donors (Lipinski definition) is 0. The van der Waals surface area contributed by atoms with Crippen LogP contribution in [0.15, 0.2) is 54.6 Å².